The number of rotatable bonds is 5. The lowest BCUT2D eigenvalue weighted by Gasteiger charge is -2.13. The van der Waals surface area contributed by atoms with E-state index in [2.05, 4.69) is 21.9 Å². The maximum absolute atomic E-state index is 6.18. The molecule has 1 aliphatic rings. The second-order valence-corrected chi connectivity index (χ2v) is 5.61. The molecule has 0 radical (unpaired) electrons. The molecule has 1 atom stereocenters. The van der Waals surface area contributed by atoms with Crippen LogP contribution in [0.1, 0.15) is 17.5 Å². The Labute approximate surface area is 141 Å². The van der Waals surface area contributed by atoms with Gasteiger partial charge in [0.05, 0.1) is 6.04 Å². The van der Waals surface area contributed by atoms with Crippen molar-refractivity contribution in [3.05, 3.63) is 54.2 Å². The van der Waals surface area contributed by atoms with Gasteiger partial charge in [-0.15, -0.1) is 0 Å². The summed E-state index contributed by atoms with van der Waals surface area (Å²) in [4.78, 5) is 8.67. The lowest BCUT2D eigenvalue weighted by atomic mass is 10.2. The second kappa shape index (κ2) is 7.14. The molecule has 0 aliphatic carbocycles. The number of benzene rings is 1. The minimum absolute atomic E-state index is 0.157. The molecule has 24 heavy (non-hydrogen) atoms. The van der Waals surface area contributed by atoms with Crippen molar-refractivity contribution in [2.45, 2.75) is 12.5 Å². The van der Waals surface area contributed by atoms with Gasteiger partial charge in [0.2, 0.25) is 0 Å². The van der Waals surface area contributed by atoms with Gasteiger partial charge >= 0.3 is 0 Å². The van der Waals surface area contributed by atoms with Crippen molar-refractivity contribution in [1.29, 1.82) is 0 Å². The molecule has 1 unspecified atom stereocenters. The number of hydrogen-bond donors (Lipinski definition) is 3. The maximum atomic E-state index is 6.18. The SMILES string of the molecule is C=Cc1ccc(Oc2ccnc(N)c2C(N)=NC2CCNC2)cc1. The number of ether oxygens (including phenoxy) is 1. The third-order valence-corrected chi connectivity index (χ3v) is 3.90. The standard InChI is InChI=1S/C18H21N5O/c1-2-12-3-5-14(6-4-12)24-15-8-10-22-17(19)16(15)18(20)23-13-7-9-21-11-13/h2-6,8,10,13,21H,1,7,9,11H2,(H2,19,22)(H2,20,23). The van der Waals surface area contributed by atoms with Gasteiger partial charge in [0.25, 0.3) is 0 Å². The number of aromatic nitrogens is 1. The number of anilines is 1. The van der Waals surface area contributed by atoms with E-state index in [1.807, 2.05) is 24.3 Å². The average Bonchev–Trinajstić information content (AvgIpc) is 3.08. The number of pyridine rings is 1. The average molecular weight is 323 g/mol. The highest BCUT2D eigenvalue weighted by atomic mass is 16.5. The Morgan fingerprint density at radius 1 is 1.33 bits per heavy atom. The zero-order valence-electron chi connectivity index (χ0n) is 13.4. The predicted octanol–water partition coefficient (Wildman–Crippen LogP) is 2.17. The first-order valence-corrected chi connectivity index (χ1v) is 7.86. The van der Waals surface area contributed by atoms with E-state index in [0.29, 0.717) is 28.7 Å². The molecule has 6 heteroatoms. The quantitative estimate of drug-likeness (QED) is 0.578. The molecule has 124 valence electrons. The Morgan fingerprint density at radius 2 is 2.12 bits per heavy atom. The van der Waals surface area contributed by atoms with E-state index < -0.39 is 0 Å². The molecule has 1 aliphatic heterocycles. The van der Waals surface area contributed by atoms with Gasteiger partial charge in [-0.3, -0.25) is 4.99 Å². The summed E-state index contributed by atoms with van der Waals surface area (Å²) in [5, 5.41) is 3.26. The molecule has 0 amide bonds. The molecular weight excluding hydrogens is 302 g/mol. The lowest BCUT2D eigenvalue weighted by molar-refractivity contribution is 0.481. The van der Waals surface area contributed by atoms with Crippen molar-refractivity contribution < 1.29 is 4.74 Å². The number of amidine groups is 1. The minimum Gasteiger partial charge on any atom is -0.456 e. The van der Waals surface area contributed by atoms with Crippen LogP contribution in [-0.4, -0.2) is 30.0 Å². The number of nitrogens with one attached hydrogen (secondary N) is 1. The first-order chi connectivity index (χ1) is 11.7. The van der Waals surface area contributed by atoms with Gasteiger partial charge in [-0.25, -0.2) is 4.98 Å². The van der Waals surface area contributed by atoms with E-state index in [-0.39, 0.29) is 6.04 Å². The van der Waals surface area contributed by atoms with Crippen LogP contribution >= 0.6 is 0 Å². The number of nitrogens with zero attached hydrogens (tertiary/aromatic N) is 2. The van der Waals surface area contributed by atoms with E-state index >= 15 is 0 Å². The molecule has 2 aromatic rings. The van der Waals surface area contributed by atoms with Gasteiger partial charge < -0.3 is 21.5 Å². The Morgan fingerprint density at radius 3 is 2.79 bits per heavy atom. The van der Waals surface area contributed by atoms with Crippen LogP contribution in [0, 0.1) is 0 Å². The molecule has 6 nitrogen and oxygen atoms in total. The number of nitrogen functional groups attached to an aromatic ring is 1. The van der Waals surface area contributed by atoms with Gasteiger partial charge in [0, 0.05) is 18.8 Å². The molecule has 0 bridgehead atoms. The molecule has 1 aromatic heterocycles. The zero-order chi connectivity index (χ0) is 16.9. The topological polar surface area (TPSA) is 98.5 Å². The second-order valence-electron chi connectivity index (χ2n) is 5.61. The largest absolute Gasteiger partial charge is 0.456 e. The lowest BCUT2D eigenvalue weighted by Crippen LogP contribution is -2.22. The van der Waals surface area contributed by atoms with Crippen LogP contribution in [0.15, 0.2) is 48.1 Å². The van der Waals surface area contributed by atoms with Gasteiger partial charge in [0.1, 0.15) is 28.7 Å². The molecule has 0 saturated carbocycles. The van der Waals surface area contributed by atoms with Crippen molar-refractivity contribution in [2.75, 3.05) is 18.8 Å². The van der Waals surface area contributed by atoms with Gasteiger partial charge in [-0.1, -0.05) is 24.8 Å². The highest BCUT2D eigenvalue weighted by molar-refractivity contribution is 6.04. The molecule has 1 fully saturated rings. The van der Waals surface area contributed by atoms with Gasteiger partial charge in [-0.2, -0.15) is 0 Å². The summed E-state index contributed by atoms with van der Waals surface area (Å²) in [6.45, 7) is 5.51. The van der Waals surface area contributed by atoms with Crippen molar-refractivity contribution >= 4 is 17.7 Å². The Bertz CT molecular complexity index is 749. The molecule has 1 saturated heterocycles. The van der Waals surface area contributed by atoms with Crippen LogP contribution in [0.4, 0.5) is 5.82 Å². The monoisotopic (exact) mass is 323 g/mol. The highest BCUT2D eigenvalue weighted by Crippen LogP contribution is 2.28. The van der Waals surface area contributed by atoms with Crippen molar-refractivity contribution in [3.8, 4) is 11.5 Å². The van der Waals surface area contributed by atoms with Crippen molar-refractivity contribution in [2.24, 2.45) is 10.7 Å². The van der Waals surface area contributed by atoms with Crippen LogP contribution in [0.2, 0.25) is 0 Å². The first kappa shape index (κ1) is 16.0. The van der Waals surface area contributed by atoms with Crippen LogP contribution in [-0.2, 0) is 0 Å². The number of nitrogens with two attached hydrogens (primary N) is 2. The summed E-state index contributed by atoms with van der Waals surface area (Å²) in [5.74, 6) is 1.89. The third-order valence-electron chi connectivity index (χ3n) is 3.90. The normalized spacial score (nSPS) is 17.7. The fourth-order valence-electron chi connectivity index (χ4n) is 2.61. The number of hydrogen-bond acceptors (Lipinski definition) is 5. The van der Waals surface area contributed by atoms with Crippen LogP contribution in [0.3, 0.4) is 0 Å². The third kappa shape index (κ3) is 3.55. The van der Waals surface area contributed by atoms with E-state index in [0.717, 1.165) is 25.1 Å². The summed E-state index contributed by atoms with van der Waals surface area (Å²) < 4.78 is 5.94. The van der Waals surface area contributed by atoms with E-state index in [4.69, 9.17) is 16.2 Å². The summed E-state index contributed by atoms with van der Waals surface area (Å²) in [6.07, 6.45) is 4.33. The molecular formula is C18H21N5O. The molecule has 1 aromatic carbocycles. The van der Waals surface area contributed by atoms with Crippen molar-refractivity contribution in [1.82, 2.24) is 10.3 Å². The Kier molecular flexibility index (Phi) is 4.77. The molecule has 0 spiro atoms. The first-order valence-electron chi connectivity index (χ1n) is 7.86. The molecule has 3 rings (SSSR count). The van der Waals surface area contributed by atoms with Crippen molar-refractivity contribution in [3.63, 3.8) is 0 Å². The van der Waals surface area contributed by atoms with E-state index in [9.17, 15) is 0 Å². The summed E-state index contributed by atoms with van der Waals surface area (Å²) in [7, 11) is 0. The summed E-state index contributed by atoms with van der Waals surface area (Å²) >= 11 is 0. The molecule has 2 heterocycles. The fourth-order valence-corrected chi connectivity index (χ4v) is 2.61. The van der Waals surface area contributed by atoms with Crippen LogP contribution in [0.5, 0.6) is 11.5 Å². The van der Waals surface area contributed by atoms with Gasteiger partial charge in [0.15, 0.2) is 0 Å². The fraction of sp³-hybridized carbons (Fsp3) is 0.222. The maximum Gasteiger partial charge on any atom is 0.143 e. The van der Waals surface area contributed by atoms with E-state index in [1.54, 1.807) is 18.3 Å². The van der Waals surface area contributed by atoms with Gasteiger partial charge in [-0.05, 0) is 30.7 Å². The van der Waals surface area contributed by atoms with Crippen LogP contribution < -0.4 is 21.5 Å². The summed E-state index contributed by atoms with van der Waals surface area (Å²) in [6, 6.07) is 9.48. The smallest absolute Gasteiger partial charge is 0.143 e. The molecule has 5 N–H and O–H groups in total. The highest BCUT2D eigenvalue weighted by Gasteiger charge is 2.18. The zero-order valence-corrected chi connectivity index (χ0v) is 13.4. The summed E-state index contributed by atoms with van der Waals surface area (Å²) in [5.41, 5.74) is 13.8. The van der Waals surface area contributed by atoms with Crippen LogP contribution in [0.25, 0.3) is 6.08 Å². The number of aliphatic imine (C=N–C) groups is 1. The predicted molar refractivity (Wildman–Crippen MR) is 97.3 cm³/mol. The Hall–Kier alpha value is -2.86. The van der Waals surface area contributed by atoms with E-state index in [1.165, 1.54) is 0 Å². The minimum atomic E-state index is 0.157. The Balaban J connectivity index is 1.90.